The van der Waals surface area contributed by atoms with Crippen molar-refractivity contribution < 1.29 is 4.79 Å². The van der Waals surface area contributed by atoms with Crippen molar-refractivity contribution in [3.63, 3.8) is 0 Å². The smallest absolute Gasteiger partial charge is 0.251 e. The van der Waals surface area contributed by atoms with Gasteiger partial charge in [-0.1, -0.05) is 24.3 Å². The summed E-state index contributed by atoms with van der Waals surface area (Å²) >= 11 is 0. The zero-order valence-electron chi connectivity index (χ0n) is 12.1. The lowest BCUT2D eigenvalue weighted by molar-refractivity contribution is 0.0940. The van der Waals surface area contributed by atoms with E-state index < -0.39 is 0 Å². The van der Waals surface area contributed by atoms with Crippen molar-refractivity contribution >= 4 is 11.7 Å². The van der Waals surface area contributed by atoms with Crippen LogP contribution < -0.4 is 10.2 Å². The highest BCUT2D eigenvalue weighted by Crippen LogP contribution is 2.18. The number of amides is 1. The maximum atomic E-state index is 12.3. The average molecular weight is 281 g/mol. The van der Waals surface area contributed by atoms with E-state index in [4.69, 9.17) is 0 Å². The fraction of sp³-hybridized carbons (Fsp3) is 0.294. The molecule has 1 atom stereocenters. The van der Waals surface area contributed by atoms with E-state index in [0.717, 1.165) is 36.5 Å². The van der Waals surface area contributed by atoms with Crippen molar-refractivity contribution in [3.8, 4) is 0 Å². The maximum absolute atomic E-state index is 12.3. The molecule has 1 aliphatic rings. The van der Waals surface area contributed by atoms with Gasteiger partial charge in [-0.15, -0.1) is 0 Å². The number of carbonyl (C=O) groups is 1. The molecule has 1 fully saturated rings. The minimum atomic E-state index is 0.0148. The van der Waals surface area contributed by atoms with Crippen LogP contribution in [0.1, 0.15) is 22.3 Å². The van der Waals surface area contributed by atoms with Crippen LogP contribution in [-0.4, -0.2) is 30.0 Å². The molecule has 0 aliphatic carbocycles. The molecular weight excluding hydrogens is 262 g/mol. The molecule has 0 spiro atoms. The van der Waals surface area contributed by atoms with Crippen LogP contribution in [-0.2, 0) is 0 Å². The van der Waals surface area contributed by atoms with E-state index in [0.29, 0.717) is 0 Å². The molecule has 21 heavy (non-hydrogen) atoms. The minimum Gasteiger partial charge on any atom is -0.354 e. The van der Waals surface area contributed by atoms with Gasteiger partial charge < -0.3 is 10.2 Å². The summed E-state index contributed by atoms with van der Waals surface area (Å²) in [5.74, 6) is 0.992. The standard InChI is InChI=1S/C17H19N3O/c1-13-6-2-3-7-15(13)17(21)19-14-9-11-20(12-14)16-8-4-5-10-18-16/h2-8,10,14H,9,11-12H2,1H3,(H,19,21)/t14-/m1/s1. The molecular formula is C17H19N3O. The van der Waals surface area contributed by atoms with Crippen LogP contribution in [0, 0.1) is 6.92 Å². The molecule has 1 aromatic heterocycles. The summed E-state index contributed by atoms with van der Waals surface area (Å²) in [4.78, 5) is 18.9. The third-order valence-corrected chi connectivity index (χ3v) is 3.89. The number of aromatic nitrogens is 1. The second-order valence-electron chi connectivity index (χ2n) is 5.41. The normalized spacial score (nSPS) is 17.8. The van der Waals surface area contributed by atoms with Gasteiger partial charge in [0.05, 0.1) is 0 Å². The number of benzene rings is 1. The Kier molecular flexibility index (Phi) is 3.86. The van der Waals surface area contributed by atoms with Gasteiger partial charge in [-0.2, -0.15) is 0 Å². The Balaban J connectivity index is 1.63. The van der Waals surface area contributed by atoms with Gasteiger partial charge in [0.1, 0.15) is 5.82 Å². The molecule has 108 valence electrons. The average Bonchev–Trinajstić information content (AvgIpc) is 2.97. The van der Waals surface area contributed by atoms with E-state index in [1.165, 1.54) is 0 Å². The van der Waals surface area contributed by atoms with Gasteiger partial charge in [0, 0.05) is 30.9 Å². The number of hydrogen-bond donors (Lipinski definition) is 1. The minimum absolute atomic E-state index is 0.0148. The molecule has 1 saturated heterocycles. The summed E-state index contributed by atoms with van der Waals surface area (Å²) in [5, 5.41) is 3.13. The van der Waals surface area contributed by atoms with Gasteiger partial charge >= 0.3 is 0 Å². The molecule has 1 amide bonds. The van der Waals surface area contributed by atoms with E-state index in [1.54, 1.807) is 6.20 Å². The summed E-state index contributed by atoms with van der Waals surface area (Å²) in [5.41, 5.74) is 1.77. The largest absolute Gasteiger partial charge is 0.354 e. The summed E-state index contributed by atoms with van der Waals surface area (Å²) in [6, 6.07) is 13.8. The van der Waals surface area contributed by atoms with Gasteiger partial charge in [0.2, 0.25) is 0 Å². The lowest BCUT2D eigenvalue weighted by Crippen LogP contribution is -2.37. The SMILES string of the molecule is Cc1ccccc1C(=O)N[C@@H]1CCN(c2ccccn2)C1. The molecule has 2 aromatic rings. The first-order valence-electron chi connectivity index (χ1n) is 7.26. The monoisotopic (exact) mass is 281 g/mol. The van der Waals surface area contributed by atoms with Crippen LogP contribution in [0.4, 0.5) is 5.82 Å². The van der Waals surface area contributed by atoms with Gasteiger partial charge in [0.25, 0.3) is 5.91 Å². The number of hydrogen-bond acceptors (Lipinski definition) is 3. The number of anilines is 1. The zero-order valence-corrected chi connectivity index (χ0v) is 12.1. The maximum Gasteiger partial charge on any atom is 0.251 e. The molecule has 0 radical (unpaired) electrons. The van der Waals surface area contributed by atoms with E-state index >= 15 is 0 Å². The second-order valence-corrected chi connectivity index (χ2v) is 5.41. The van der Waals surface area contributed by atoms with Crippen LogP contribution in [0.15, 0.2) is 48.7 Å². The Morgan fingerprint density at radius 1 is 1.24 bits per heavy atom. The van der Waals surface area contributed by atoms with E-state index in [9.17, 15) is 4.79 Å². The highest BCUT2D eigenvalue weighted by atomic mass is 16.1. The van der Waals surface area contributed by atoms with Crippen molar-refractivity contribution in [3.05, 3.63) is 59.8 Å². The van der Waals surface area contributed by atoms with Crippen LogP contribution in [0.5, 0.6) is 0 Å². The van der Waals surface area contributed by atoms with Crippen molar-refractivity contribution in [2.24, 2.45) is 0 Å². The van der Waals surface area contributed by atoms with Crippen LogP contribution in [0.25, 0.3) is 0 Å². The fourth-order valence-corrected chi connectivity index (χ4v) is 2.72. The Bertz CT molecular complexity index is 627. The van der Waals surface area contributed by atoms with Crippen molar-refractivity contribution in [1.29, 1.82) is 0 Å². The predicted octanol–water partition coefficient (Wildman–Crippen LogP) is 2.40. The summed E-state index contributed by atoms with van der Waals surface area (Å²) in [6.45, 7) is 3.70. The van der Waals surface area contributed by atoms with E-state index in [-0.39, 0.29) is 11.9 Å². The van der Waals surface area contributed by atoms with E-state index in [2.05, 4.69) is 15.2 Å². The molecule has 1 N–H and O–H groups in total. The quantitative estimate of drug-likeness (QED) is 0.939. The Morgan fingerprint density at radius 2 is 2.05 bits per heavy atom. The summed E-state index contributed by atoms with van der Waals surface area (Å²) in [6.07, 6.45) is 2.75. The molecule has 1 aromatic carbocycles. The van der Waals surface area contributed by atoms with Crippen LogP contribution in [0.3, 0.4) is 0 Å². The number of rotatable bonds is 3. The molecule has 0 unspecified atom stereocenters. The lowest BCUT2D eigenvalue weighted by Gasteiger charge is -2.18. The summed E-state index contributed by atoms with van der Waals surface area (Å²) < 4.78 is 0. The third kappa shape index (κ3) is 3.05. The second kappa shape index (κ2) is 5.95. The fourth-order valence-electron chi connectivity index (χ4n) is 2.72. The van der Waals surface area contributed by atoms with Gasteiger partial charge in [0.15, 0.2) is 0 Å². The molecule has 2 heterocycles. The van der Waals surface area contributed by atoms with E-state index in [1.807, 2.05) is 49.4 Å². The third-order valence-electron chi connectivity index (χ3n) is 3.89. The number of pyridine rings is 1. The van der Waals surface area contributed by atoms with Crippen molar-refractivity contribution in [2.75, 3.05) is 18.0 Å². The van der Waals surface area contributed by atoms with Gasteiger partial charge in [-0.3, -0.25) is 4.79 Å². The number of nitrogens with one attached hydrogen (secondary N) is 1. The molecule has 4 heteroatoms. The molecule has 3 rings (SSSR count). The van der Waals surface area contributed by atoms with Gasteiger partial charge in [-0.05, 0) is 37.1 Å². The number of carbonyl (C=O) groups excluding carboxylic acids is 1. The van der Waals surface area contributed by atoms with Crippen LogP contribution >= 0.6 is 0 Å². The zero-order chi connectivity index (χ0) is 14.7. The summed E-state index contributed by atoms with van der Waals surface area (Å²) in [7, 11) is 0. The first kappa shape index (κ1) is 13.6. The van der Waals surface area contributed by atoms with Crippen molar-refractivity contribution in [2.45, 2.75) is 19.4 Å². The van der Waals surface area contributed by atoms with Crippen molar-refractivity contribution in [1.82, 2.24) is 10.3 Å². The topological polar surface area (TPSA) is 45.2 Å². The molecule has 4 nitrogen and oxygen atoms in total. The highest BCUT2D eigenvalue weighted by molar-refractivity contribution is 5.95. The first-order valence-corrected chi connectivity index (χ1v) is 7.26. The molecule has 0 bridgehead atoms. The first-order chi connectivity index (χ1) is 10.2. The predicted molar refractivity (Wildman–Crippen MR) is 83.5 cm³/mol. The number of nitrogens with zero attached hydrogens (tertiary/aromatic N) is 2. The Hall–Kier alpha value is -2.36. The molecule has 0 saturated carbocycles. The Morgan fingerprint density at radius 3 is 2.81 bits per heavy atom. The highest BCUT2D eigenvalue weighted by Gasteiger charge is 2.25. The lowest BCUT2D eigenvalue weighted by atomic mass is 10.1. The van der Waals surface area contributed by atoms with Gasteiger partial charge in [-0.25, -0.2) is 4.98 Å². The van der Waals surface area contributed by atoms with Crippen LogP contribution in [0.2, 0.25) is 0 Å². The Labute approximate surface area is 124 Å². The molecule has 1 aliphatic heterocycles. The number of aryl methyl sites for hydroxylation is 1.